The Morgan fingerprint density at radius 3 is 2.83 bits per heavy atom. The summed E-state index contributed by atoms with van der Waals surface area (Å²) in [5.74, 6) is -0.747. The van der Waals surface area contributed by atoms with Crippen LogP contribution in [0.15, 0.2) is 46.1 Å². The van der Waals surface area contributed by atoms with Gasteiger partial charge in [-0.15, -0.1) is 6.58 Å². The largest absolute Gasteiger partial charge is 0.506 e. The van der Waals surface area contributed by atoms with Gasteiger partial charge in [0.05, 0.1) is 5.39 Å². The molecule has 0 bridgehead atoms. The van der Waals surface area contributed by atoms with Crippen molar-refractivity contribution in [3.63, 3.8) is 0 Å². The second-order valence-corrected chi connectivity index (χ2v) is 3.86. The fraction of sp³-hybridized carbons (Fsp3) is 0.143. The van der Waals surface area contributed by atoms with Crippen LogP contribution >= 0.6 is 0 Å². The number of hydrogen-bond donors (Lipinski definition) is 1. The van der Waals surface area contributed by atoms with Crippen LogP contribution in [0.5, 0.6) is 5.75 Å². The maximum absolute atomic E-state index is 11.8. The first-order valence-electron chi connectivity index (χ1n) is 5.54. The van der Waals surface area contributed by atoms with Crippen molar-refractivity contribution in [3.05, 3.63) is 52.9 Å². The number of carbonyl (C=O) groups is 1. The summed E-state index contributed by atoms with van der Waals surface area (Å²) in [6, 6.07) is 6.54. The van der Waals surface area contributed by atoms with E-state index in [1.807, 2.05) is 0 Å². The van der Waals surface area contributed by atoms with E-state index in [-0.39, 0.29) is 23.3 Å². The standard InChI is InChI=1S/C14H12O4/c1-2-3-7-10(15)12-13(16)9-6-4-5-8-11(9)18-14(12)17/h2,4-6,8,16H,1,3,7H2. The van der Waals surface area contributed by atoms with Gasteiger partial charge in [-0.3, -0.25) is 4.79 Å². The highest BCUT2D eigenvalue weighted by atomic mass is 16.4. The Morgan fingerprint density at radius 2 is 2.11 bits per heavy atom. The van der Waals surface area contributed by atoms with Crippen molar-refractivity contribution in [1.82, 2.24) is 0 Å². The third-order valence-electron chi connectivity index (χ3n) is 2.64. The number of ketones is 1. The van der Waals surface area contributed by atoms with Crippen LogP contribution in [0.2, 0.25) is 0 Å². The zero-order chi connectivity index (χ0) is 13.1. The van der Waals surface area contributed by atoms with Crippen LogP contribution < -0.4 is 5.63 Å². The topological polar surface area (TPSA) is 67.5 Å². The normalized spacial score (nSPS) is 10.4. The zero-order valence-electron chi connectivity index (χ0n) is 9.68. The van der Waals surface area contributed by atoms with Gasteiger partial charge in [-0.1, -0.05) is 18.2 Å². The fourth-order valence-electron chi connectivity index (χ4n) is 1.74. The van der Waals surface area contributed by atoms with Gasteiger partial charge in [0.15, 0.2) is 5.78 Å². The molecule has 92 valence electrons. The van der Waals surface area contributed by atoms with E-state index in [4.69, 9.17) is 4.42 Å². The highest BCUT2D eigenvalue weighted by Gasteiger charge is 2.19. The van der Waals surface area contributed by atoms with E-state index in [1.165, 1.54) is 0 Å². The molecule has 1 aromatic carbocycles. The molecule has 1 N–H and O–H groups in total. The van der Waals surface area contributed by atoms with Crippen LogP contribution in [0.25, 0.3) is 11.0 Å². The molecule has 0 amide bonds. The monoisotopic (exact) mass is 244 g/mol. The van der Waals surface area contributed by atoms with Crippen LogP contribution in [0, 0.1) is 0 Å². The summed E-state index contributed by atoms with van der Waals surface area (Å²) in [7, 11) is 0. The molecule has 1 aromatic heterocycles. The molecular weight excluding hydrogens is 232 g/mol. The van der Waals surface area contributed by atoms with E-state index >= 15 is 0 Å². The van der Waals surface area contributed by atoms with E-state index in [9.17, 15) is 14.7 Å². The van der Waals surface area contributed by atoms with Gasteiger partial charge in [0.1, 0.15) is 16.9 Å². The minimum absolute atomic E-state index is 0.125. The molecule has 0 radical (unpaired) electrons. The summed E-state index contributed by atoms with van der Waals surface area (Å²) >= 11 is 0. The van der Waals surface area contributed by atoms with Gasteiger partial charge in [0, 0.05) is 6.42 Å². The molecule has 2 aromatic rings. The van der Waals surface area contributed by atoms with Gasteiger partial charge in [0.25, 0.3) is 0 Å². The third-order valence-corrected chi connectivity index (χ3v) is 2.64. The molecule has 0 aliphatic rings. The number of rotatable bonds is 4. The predicted octanol–water partition coefficient (Wildman–Crippen LogP) is 2.65. The number of aromatic hydroxyl groups is 1. The Kier molecular flexibility index (Phi) is 3.28. The van der Waals surface area contributed by atoms with Crippen LogP contribution in [0.1, 0.15) is 23.2 Å². The smallest absolute Gasteiger partial charge is 0.351 e. The quantitative estimate of drug-likeness (QED) is 0.510. The Morgan fingerprint density at radius 1 is 1.39 bits per heavy atom. The number of allylic oxidation sites excluding steroid dienone is 1. The number of benzene rings is 1. The lowest BCUT2D eigenvalue weighted by molar-refractivity contribution is 0.0977. The first kappa shape index (κ1) is 12.1. The minimum Gasteiger partial charge on any atom is -0.506 e. The summed E-state index contributed by atoms with van der Waals surface area (Å²) < 4.78 is 5.01. The average Bonchev–Trinajstić information content (AvgIpc) is 2.36. The van der Waals surface area contributed by atoms with Crippen LogP contribution in [0.4, 0.5) is 0 Å². The molecular formula is C14H12O4. The Balaban J connectivity index is 2.60. The molecule has 0 atom stereocenters. The van der Waals surface area contributed by atoms with Gasteiger partial charge >= 0.3 is 5.63 Å². The molecule has 18 heavy (non-hydrogen) atoms. The van der Waals surface area contributed by atoms with Crippen molar-refractivity contribution in [2.75, 3.05) is 0 Å². The maximum Gasteiger partial charge on any atom is 0.351 e. The van der Waals surface area contributed by atoms with Crippen molar-refractivity contribution in [3.8, 4) is 5.75 Å². The number of hydrogen-bond acceptors (Lipinski definition) is 4. The molecule has 0 aliphatic heterocycles. The molecule has 4 nitrogen and oxygen atoms in total. The van der Waals surface area contributed by atoms with E-state index < -0.39 is 11.4 Å². The van der Waals surface area contributed by atoms with Gasteiger partial charge in [0.2, 0.25) is 0 Å². The molecule has 0 aliphatic carbocycles. The predicted molar refractivity (Wildman–Crippen MR) is 67.9 cm³/mol. The van der Waals surface area contributed by atoms with Gasteiger partial charge in [-0.2, -0.15) is 0 Å². The van der Waals surface area contributed by atoms with Gasteiger partial charge in [-0.25, -0.2) is 4.79 Å². The highest BCUT2D eigenvalue weighted by molar-refractivity contribution is 6.02. The van der Waals surface area contributed by atoms with Crippen LogP contribution in [-0.2, 0) is 0 Å². The minimum atomic E-state index is -0.805. The van der Waals surface area contributed by atoms with E-state index in [0.717, 1.165) is 0 Å². The second-order valence-electron chi connectivity index (χ2n) is 3.86. The molecule has 0 fully saturated rings. The SMILES string of the molecule is C=CCCC(=O)c1c(O)c2ccccc2oc1=O. The van der Waals surface area contributed by atoms with Crippen LogP contribution in [0.3, 0.4) is 0 Å². The van der Waals surface area contributed by atoms with E-state index in [0.29, 0.717) is 11.8 Å². The number of para-hydroxylation sites is 1. The summed E-state index contributed by atoms with van der Waals surface area (Å²) in [6.07, 6.45) is 2.16. The molecule has 1 heterocycles. The average molecular weight is 244 g/mol. The number of fused-ring (bicyclic) bond motifs is 1. The lowest BCUT2D eigenvalue weighted by Gasteiger charge is -2.04. The fourth-order valence-corrected chi connectivity index (χ4v) is 1.74. The second kappa shape index (κ2) is 4.87. The van der Waals surface area contributed by atoms with Crippen molar-refractivity contribution in [2.24, 2.45) is 0 Å². The lowest BCUT2D eigenvalue weighted by Crippen LogP contribution is -2.14. The van der Waals surface area contributed by atoms with E-state index in [2.05, 4.69) is 6.58 Å². The molecule has 0 unspecified atom stereocenters. The first-order chi connectivity index (χ1) is 8.65. The van der Waals surface area contributed by atoms with Crippen LogP contribution in [-0.4, -0.2) is 10.9 Å². The molecule has 2 rings (SSSR count). The van der Waals surface area contributed by atoms with Crippen molar-refractivity contribution in [2.45, 2.75) is 12.8 Å². The van der Waals surface area contributed by atoms with Crippen molar-refractivity contribution >= 4 is 16.8 Å². The Bertz CT molecular complexity index is 667. The first-order valence-corrected chi connectivity index (χ1v) is 5.54. The maximum atomic E-state index is 11.8. The summed E-state index contributed by atoms with van der Waals surface area (Å²) in [6.45, 7) is 3.50. The van der Waals surface area contributed by atoms with E-state index in [1.54, 1.807) is 30.3 Å². The zero-order valence-corrected chi connectivity index (χ0v) is 9.68. The lowest BCUT2D eigenvalue weighted by atomic mass is 10.1. The summed E-state index contributed by atoms with van der Waals surface area (Å²) in [5.41, 5.74) is -0.823. The highest BCUT2D eigenvalue weighted by Crippen LogP contribution is 2.26. The Labute approximate surface area is 103 Å². The molecule has 0 saturated heterocycles. The molecule has 4 heteroatoms. The summed E-state index contributed by atoms with van der Waals surface area (Å²) in [4.78, 5) is 23.5. The van der Waals surface area contributed by atoms with Crippen molar-refractivity contribution in [1.29, 1.82) is 0 Å². The van der Waals surface area contributed by atoms with Gasteiger partial charge in [-0.05, 0) is 18.6 Å². The molecule has 0 saturated carbocycles. The van der Waals surface area contributed by atoms with Gasteiger partial charge < -0.3 is 9.52 Å². The molecule has 0 spiro atoms. The van der Waals surface area contributed by atoms with Crippen molar-refractivity contribution < 1.29 is 14.3 Å². The number of carbonyl (C=O) groups excluding carboxylic acids is 1. The number of Topliss-reactive ketones (excluding diaryl/α,β-unsaturated/α-hetero) is 1. The Hall–Kier alpha value is -2.36. The summed E-state index contributed by atoms with van der Waals surface area (Å²) in [5, 5.41) is 10.4. The third kappa shape index (κ3) is 2.05.